The van der Waals surface area contributed by atoms with Crippen molar-refractivity contribution in [2.24, 2.45) is 0 Å². The Morgan fingerprint density at radius 2 is 1.94 bits per heavy atom. The number of nitrogens with zero attached hydrogens (tertiary/aromatic N) is 2. The third-order valence-corrected chi connectivity index (χ3v) is 5.95. The van der Waals surface area contributed by atoms with Gasteiger partial charge in [0, 0.05) is 24.0 Å². The molecule has 2 N–H and O–H groups in total. The lowest BCUT2D eigenvalue weighted by molar-refractivity contribution is -0.116. The molecule has 4 rings (SSSR count). The topological polar surface area (TPSA) is 78.0 Å². The van der Waals surface area contributed by atoms with E-state index in [4.69, 9.17) is 0 Å². The van der Waals surface area contributed by atoms with Crippen LogP contribution in [0.5, 0.6) is 5.75 Å². The molecule has 0 fully saturated rings. The van der Waals surface area contributed by atoms with Crippen LogP contribution in [0.15, 0.2) is 79.4 Å². The Morgan fingerprint density at radius 1 is 1.15 bits per heavy atom. The van der Waals surface area contributed by atoms with Gasteiger partial charge in [-0.05, 0) is 71.1 Å². The summed E-state index contributed by atoms with van der Waals surface area (Å²) in [6.45, 7) is 10.6. The Balaban J connectivity index is 1.73. The van der Waals surface area contributed by atoms with Crippen molar-refractivity contribution in [1.29, 1.82) is 5.26 Å². The Hall–Kier alpha value is -4.30. The van der Waals surface area contributed by atoms with Crippen molar-refractivity contribution in [3.8, 4) is 22.9 Å². The maximum Gasteiger partial charge on any atom is 0.243 e. The predicted molar refractivity (Wildman–Crippen MR) is 133 cm³/mol. The van der Waals surface area contributed by atoms with Gasteiger partial charge in [0.25, 0.3) is 0 Å². The molecule has 0 saturated carbocycles. The molecule has 0 spiro atoms. The highest BCUT2D eigenvalue weighted by molar-refractivity contribution is 6.01. The first-order valence-corrected chi connectivity index (χ1v) is 10.7. The van der Waals surface area contributed by atoms with Crippen molar-refractivity contribution in [1.82, 2.24) is 9.88 Å². The fraction of sp³-hybridized carbons (Fsp3) is 0.143. The second kappa shape index (κ2) is 9.05. The number of fused-ring (bicyclic) bond motifs is 2. The molecule has 5 nitrogen and oxygen atoms in total. The number of nitriles is 1. The molecule has 164 valence electrons. The Morgan fingerprint density at radius 3 is 2.70 bits per heavy atom. The summed E-state index contributed by atoms with van der Waals surface area (Å²) in [5, 5.41) is 25.8. The lowest BCUT2D eigenvalue weighted by atomic mass is 9.93. The van der Waals surface area contributed by atoms with Crippen molar-refractivity contribution in [3.63, 3.8) is 0 Å². The van der Waals surface area contributed by atoms with Gasteiger partial charge in [-0.2, -0.15) is 5.26 Å². The zero-order valence-corrected chi connectivity index (χ0v) is 18.6. The van der Waals surface area contributed by atoms with Crippen LogP contribution in [0, 0.1) is 18.3 Å². The van der Waals surface area contributed by atoms with Crippen molar-refractivity contribution in [2.75, 3.05) is 6.54 Å². The Kier molecular flexibility index (Phi) is 6.01. The summed E-state index contributed by atoms with van der Waals surface area (Å²) < 4.78 is 1.96. The fourth-order valence-corrected chi connectivity index (χ4v) is 4.29. The van der Waals surface area contributed by atoms with Gasteiger partial charge in [-0.25, -0.2) is 0 Å². The molecule has 1 aromatic heterocycles. The molecule has 33 heavy (non-hydrogen) atoms. The molecule has 0 aliphatic carbocycles. The quantitative estimate of drug-likeness (QED) is 0.293. The number of nitrogens with one attached hydrogen (secondary N) is 1. The summed E-state index contributed by atoms with van der Waals surface area (Å²) in [6.07, 6.45) is 1.85. The molecule has 1 amide bonds. The van der Waals surface area contributed by atoms with Crippen molar-refractivity contribution >= 4 is 27.6 Å². The molecule has 0 radical (unpaired) electrons. The molecule has 0 bridgehead atoms. The smallest absolute Gasteiger partial charge is 0.243 e. The number of phenolic OH excluding ortho intramolecular Hbond substituents is 1. The number of rotatable bonds is 7. The monoisotopic (exact) mass is 435 g/mol. The molecule has 0 aliphatic rings. The minimum Gasteiger partial charge on any atom is -0.508 e. The standard InChI is InChI=1S/C28H25N3O2/c1-4-28(33)30-12-11-18(2)17-31-21(16-29)14-25-19(3)23(9-10-27(25)31)26-15-22(32)13-20-7-5-6-8-24(20)26/h4-10,13-15,32H,1-2,11-12,17H2,3H3,(H,30,33). The summed E-state index contributed by atoms with van der Waals surface area (Å²) in [4.78, 5) is 11.4. The number of carbonyl (C=O) groups excluding carboxylic acids is 1. The fourth-order valence-electron chi connectivity index (χ4n) is 4.29. The third kappa shape index (κ3) is 4.24. The van der Waals surface area contributed by atoms with Gasteiger partial charge in [-0.1, -0.05) is 49.1 Å². The first-order valence-electron chi connectivity index (χ1n) is 10.7. The summed E-state index contributed by atoms with van der Waals surface area (Å²) in [5.41, 5.74) is 5.44. The lowest BCUT2D eigenvalue weighted by Crippen LogP contribution is -2.22. The van der Waals surface area contributed by atoms with Crippen LogP contribution in [0.25, 0.3) is 32.8 Å². The lowest BCUT2D eigenvalue weighted by Gasteiger charge is -2.14. The van der Waals surface area contributed by atoms with Crippen molar-refractivity contribution in [2.45, 2.75) is 19.9 Å². The van der Waals surface area contributed by atoms with E-state index in [-0.39, 0.29) is 11.7 Å². The van der Waals surface area contributed by atoms with Gasteiger partial charge in [0.1, 0.15) is 17.5 Å². The zero-order chi connectivity index (χ0) is 23.5. The van der Waals surface area contributed by atoms with Crippen LogP contribution in [0.4, 0.5) is 0 Å². The van der Waals surface area contributed by atoms with Gasteiger partial charge in [0.2, 0.25) is 5.91 Å². The van der Waals surface area contributed by atoms with Crippen molar-refractivity contribution in [3.05, 3.63) is 90.7 Å². The molecule has 5 heteroatoms. The summed E-state index contributed by atoms with van der Waals surface area (Å²) in [5.74, 6) is 0.00730. The first-order chi connectivity index (χ1) is 15.9. The average molecular weight is 436 g/mol. The maximum atomic E-state index is 11.4. The number of hydrogen-bond acceptors (Lipinski definition) is 3. The molecule has 0 saturated heterocycles. The largest absolute Gasteiger partial charge is 0.508 e. The van der Waals surface area contributed by atoms with Crippen LogP contribution in [-0.4, -0.2) is 22.1 Å². The van der Waals surface area contributed by atoms with E-state index in [0.29, 0.717) is 25.2 Å². The van der Waals surface area contributed by atoms with E-state index < -0.39 is 0 Å². The Labute approximate surface area is 192 Å². The van der Waals surface area contributed by atoms with Crippen molar-refractivity contribution < 1.29 is 9.90 Å². The second-order valence-electron chi connectivity index (χ2n) is 8.11. The van der Waals surface area contributed by atoms with Gasteiger partial charge >= 0.3 is 0 Å². The highest BCUT2D eigenvalue weighted by atomic mass is 16.3. The molecular weight excluding hydrogens is 410 g/mol. The van der Waals surface area contributed by atoms with E-state index in [1.807, 2.05) is 47.9 Å². The van der Waals surface area contributed by atoms with E-state index in [1.54, 1.807) is 12.1 Å². The SMILES string of the molecule is C=CC(=O)NCCC(=C)Cn1c(C#N)cc2c(C)c(-c3cc(O)cc4ccccc34)ccc21. The number of amides is 1. The minimum absolute atomic E-state index is 0.213. The molecule has 0 unspecified atom stereocenters. The number of aryl methyl sites for hydroxylation is 1. The number of phenols is 1. The van der Waals surface area contributed by atoms with Gasteiger partial charge in [-0.15, -0.1) is 0 Å². The van der Waals surface area contributed by atoms with Crippen LogP contribution in [0.2, 0.25) is 0 Å². The van der Waals surface area contributed by atoms with Crippen LogP contribution in [0.1, 0.15) is 17.7 Å². The van der Waals surface area contributed by atoms with E-state index >= 15 is 0 Å². The van der Waals surface area contributed by atoms with Gasteiger partial charge < -0.3 is 15.0 Å². The summed E-state index contributed by atoms with van der Waals surface area (Å²) in [6, 6.07) is 19.8. The highest BCUT2D eigenvalue weighted by Gasteiger charge is 2.16. The summed E-state index contributed by atoms with van der Waals surface area (Å²) >= 11 is 0. The van der Waals surface area contributed by atoms with Gasteiger partial charge in [0.15, 0.2) is 0 Å². The number of aromatic nitrogens is 1. The minimum atomic E-state index is -0.213. The van der Waals surface area contributed by atoms with Crippen LogP contribution < -0.4 is 5.32 Å². The molecule has 0 aliphatic heterocycles. The molecule has 3 aromatic carbocycles. The number of hydrogen-bond donors (Lipinski definition) is 2. The second-order valence-corrected chi connectivity index (χ2v) is 8.11. The van der Waals surface area contributed by atoms with Gasteiger partial charge in [-0.3, -0.25) is 4.79 Å². The van der Waals surface area contributed by atoms with Crippen LogP contribution in [0.3, 0.4) is 0 Å². The summed E-state index contributed by atoms with van der Waals surface area (Å²) in [7, 11) is 0. The van der Waals surface area contributed by atoms with E-state index in [2.05, 4.69) is 30.6 Å². The number of benzene rings is 3. The zero-order valence-electron chi connectivity index (χ0n) is 18.6. The average Bonchev–Trinajstić information content (AvgIpc) is 3.16. The van der Waals surface area contributed by atoms with Crippen LogP contribution >= 0.6 is 0 Å². The van der Waals surface area contributed by atoms with E-state index in [1.165, 1.54) is 6.08 Å². The Bertz CT molecular complexity index is 1450. The molecule has 1 heterocycles. The molecular formula is C28H25N3O2. The molecule has 4 aromatic rings. The number of aromatic hydroxyl groups is 1. The van der Waals surface area contributed by atoms with Crippen LogP contribution in [-0.2, 0) is 11.3 Å². The predicted octanol–water partition coefficient (Wildman–Crippen LogP) is 5.60. The number of carbonyl (C=O) groups is 1. The van der Waals surface area contributed by atoms with Gasteiger partial charge in [0.05, 0.1) is 0 Å². The molecule has 0 atom stereocenters. The van der Waals surface area contributed by atoms with E-state index in [0.717, 1.165) is 43.9 Å². The third-order valence-electron chi connectivity index (χ3n) is 5.95. The van der Waals surface area contributed by atoms with E-state index in [9.17, 15) is 15.2 Å². The normalized spacial score (nSPS) is 10.8. The highest BCUT2D eigenvalue weighted by Crippen LogP contribution is 2.37. The first kappa shape index (κ1) is 21.9. The maximum absolute atomic E-state index is 11.4.